The molecule has 6 nitrogen and oxygen atoms in total. The SMILES string of the molecule is [O][C@H]1O[C@H](CO)[C@H](O)[C@H](O)[C@H]1O. The molecule has 1 heterocycles. The van der Waals surface area contributed by atoms with Gasteiger partial charge in [-0.3, -0.25) is 0 Å². The van der Waals surface area contributed by atoms with Gasteiger partial charge in [-0.25, -0.2) is 0 Å². The minimum absolute atomic E-state index is 0.566. The highest BCUT2D eigenvalue weighted by Crippen LogP contribution is 2.19. The van der Waals surface area contributed by atoms with E-state index in [4.69, 9.17) is 20.4 Å². The molecule has 1 rings (SSSR count). The third-order valence-corrected chi connectivity index (χ3v) is 1.85. The fourth-order valence-corrected chi connectivity index (χ4v) is 1.07. The molecule has 0 amide bonds. The Balaban J connectivity index is 2.63. The van der Waals surface area contributed by atoms with Crippen LogP contribution in [0, 0.1) is 0 Å². The van der Waals surface area contributed by atoms with E-state index in [-0.39, 0.29) is 0 Å². The molecule has 12 heavy (non-hydrogen) atoms. The van der Waals surface area contributed by atoms with Crippen molar-refractivity contribution in [1.29, 1.82) is 0 Å². The lowest BCUT2D eigenvalue weighted by Crippen LogP contribution is -2.58. The van der Waals surface area contributed by atoms with Gasteiger partial charge in [-0.2, -0.15) is 5.11 Å². The van der Waals surface area contributed by atoms with Crippen molar-refractivity contribution in [3.63, 3.8) is 0 Å². The number of hydrogen-bond donors (Lipinski definition) is 4. The topological polar surface area (TPSA) is 110 Å². The molecule has 71 valence electrons. The van der Waals surface area contributed by atoms with Crippen LogP contribution in [-0.4, -0.2) is 57.7 Å². The summed E-state index contributed by atoms with van der Waals surface area (Å²) in [5.74, 6) is 0. The Morgan fingerprint density at radius 3 is 2.17 bits per heavy atom. The van der Waals surface area contributed by atoms with Crippen LogP contribution in [0.1, 0.15) is 0 Å². The number of aliphatic hydroxyl groups is 4. The molecule has 0 unspecified atom stereocenters. The molecule has 0 aliphatic carbocycles. The Kier molecular flexibility index (Phi) is 2.99. The number of rotatable bonds is 1. The van der Waals surface area contributed by atoms with Crippen molar-refractivity contribution in [1.82, 2.24) is 0 Å². The average molecular weight is 179 g/mol. The second-order valence-corrected chi connectivity index (χ2v) is 2.70. The normalized spacial score (nSPS) is 49.2. The van der Waals surface area contributed by atoms with Gasteiger partial charge in [-0.15, -0.1) is 0 Å². The third kappa shape index (κ3) is 1.58. The first-order valence-corrected chi connectivity index (χ1v) is 3.54. The molecule has 1 aliphatic rings. The predicted octanol–water partition coefficient (Wildman–Crippen LogP) is -2.78. The Labute approximate surface area is 68.6 Å². The van der Waals surface area contributed by atoms with Gasteiger partial charge in [0.2, 0.25) is 6.29 Å². The van der Waals surface area contributed by atoms with Gasteiger partial charge in [0.1, 0.15) is 24.4 Å². The van der Waals surface area contributed by atoms with Crippen LogP contribution in [0.5, 0.6) is 0 Å². The molecule has 0 aromatic heterocycles. The summed E-state index contributed by atoms with van der Waals surface area (Å²) in [5, 5.41) is 46.3. The summed E-state index contributed by atoms with van der Waals surface area (Å²) in [6.07, 6.45) is -7.57. The zero-order chi connectivity index (χ0) is 9.30. The zero-order valence-corrected chi connectivity index (χ0v) is 6.20. The largest absolute Gasteiger partial charge is 0.394 e. The van der Waals surface area contributed by atoms with Crippen LogP contribution in [0.15, 0.2) is 0 Å². The van der Waals surface area contributed by atoms with Gasteiger partial charge >= 0.3 is 0 Å². The fourth-order valence-electron chi connectivity index (χ4n) is 1.07. The molecule has 0 aromatic carbocycles. The van der Waals surface area contributed by atoms with E-state index in [1.54, 1.807) is 0 Å². The highest BCUT2D eigenvalue weighted by molar-refractivity contribution is 4.87. The highest BCUT2D eigenvalue weighted by atomic mass is 16.6. The van der Waals surface area contributed by atoms with E-state index in [1.165, 1.54) is 0 Å². The maximum absolute atomic E-state index is 10.7. The monoisotopic (exact) mass is 179 g/mol. The van der Waals surface area contributed by atoms with Crippen LogP contribution in [0.3, 0.4) is 0 Å². The van der Waals surface area contributed by atoms with Crippen molar-refractivity contribution in [2.45, 2.75) is 30.7 Å². The van der Waals surface area contributed by atoms with Crippen molar-refractivity contribution in [3.05, 3.63) is 0 Å². The summed E-state index contributed by atoms with van der Waals surface area (Å²) >= 11 is 0. The lowest BCUT2D eigenvalue weighted by molar-refractivity contribution is -0.303. The smallest absolute Gasteiger partial charge is 0.220 e. The Bertz CT molecular complexity index is 146. The van der Waals surface area contributed by atoms with Crippen LogP contribution >= 0.6 is 0 Å². The van der Waals surface area contributed by atoms with Gasteiger partial charge in [0, 0.05) is 0 Å². The molecule has 4 N–H and O–H groups in total. The van der Waals surface area contributed by atoms with Crippen LogP contribution < -0.4 is 0 Å². The summed E-state index contributed by atoms with van der Waals surface area (Å²) < 4.78 is 4.46. The summed E-state index contributed by atoms with van der Waals surface area (Å²) in [5.41, 5.74) is 0. The highest BCUT2D eigenvalue weighted by Gasteiger charge is 2.43. The molecule has 0 bridgehead atoms. The van der Waals surface area contributed by atoms with Crippen molar-refractivity contribution in [2.75, 3.05) is 6.61 Å². The minimum atomic E-state index is -1.82. The van der Waals surface area contributed by atoms with E-state index in [2.05, 4.69) is 4.74 Å². The minimum Gasteiger partial charge on any atom is -0.394 e. The van der Waals surface area contributed by atoms with E-state index in [0.29, 0.717) is 0 Å². The van der Waals surface area contributed by atoms with Gasteiger partial charge in [-0.05, 0) is 0 Å². The third-order valence-electron chi connectivity index (χ3n) is 1.85. The summed E-state index contributed by atoms with van der Waals surface area (Å²) in [4.78, 5) is 0. The maximum atomic E-state index is 10.7. The number of ether oxygens (including phenoxy) is 1. The van der Waals surface area contributed by atoms with Gasteiger partial charge in [0.25, 0.3) is 0 Å². The Morgan fingerprint density at radius 2 is 1.67 bits per heavy atom. The van der Waals surface area contributed by atoms with Crippen LogP contribution in [0.2, 0.25) is 0 Å². The van der Waals surface area contributed by atoms with E-state index >= 15 is 0 Å². The fraction of sp³-hybridized carbons (Fsp3) is 1.00. The van der Waals surface area contributed by atoms with Crippen LogP contribution in [-0.2, 0) is 9.84 Å². The first kappa shape index (κ1) is 9.85. The second kappa shape index (κ2) is 3.65. The Hall–Kier alpha value is -0.240. The first-order valence-electron chi connectivity index (χ1n) is 3.54. The van der Waals surface area contributed by atoms with Gasteiger partial charge in [0.05, 0.1) is 6.61 Å². The van der Waals surface area contributed by atoms with Gasteiger partial charge < -0.3 is 25.2 Å². The predicted molar refractivity (Wildman–Crippen MR) is 34.5 cm³/mol. The summed E-state index contributed by atoms with van der Waals surface area (Å²) in [6, 6.07) is 0. The van der Waals surface area contributed by atoms with Crippen molar-refractivity contribution >= 4 is 0 Å². The zero-order valence-electron chi connectivity index (χ0n) is 6.20. The molecule has 0 aromatic rings. The average Bonchev–Trinajstić information content (AvgIpc) is 2.08. The van der Waals surface area contributed by atoms with E-state index < -0.39 is 37.3 Å². The van der Waals surface area contributed by atoms with Crippen molar-refractivity contribution in [3.8, 4) is 0 Å². The lowest BCUT2D eigenvalue weighted by Gasteiger charge is -2.36. The molecule has 0 saturated carbocycles. The summed E-state index contributed by atoms with van der Waals surface area (Å²) in [7, 11) is 0. The quantitative estimate of drug-likeness (QED) is 0.348. The molecular weight excluding hydrogens is 168 g/mol. The molecular formula is C6H11O6. The molecule has 1 saturated heterocycles. The molecule has 6 heteroatoms. The molecule has 1 aliphatic heterocycles. The molecule has 0 spiro atoms. The van der Waals surface area contributed by atoms with Crippen LogP contribution in [0.25, 0.3) is 0 Å². The molecule has 5 atom stereocenters. The first-order chi connectivity index (χ1) is 5.57. The van der Waals surface area contributed by atoms with Crippen LogP contribution in [0.4, 0.5) is 0 Å². The molecule has 1 radical (unpaired) electrons. The van der Waals surface area contributed by atoms with E-state index in [0.717, 1.165) is 0 Å². The van der Waals surface area contributed by atoms with Crippen molar-refractivity contribution < 1.29 is 30.3 Å². The number of hydrogen-bond acceptors (Lipinski definition) is 5. The van der Waals surface area contributed by atoms with Crippen molar-refractivity contribution in [2.24, 2.45) is 0 Å². The van der Waals surface area contributed by atoms with E-state index in [9.17, 15) is 5.11 Å². The van der Waals surface area contributed by atoms with E-state index in [1.807, 2.05) is 0 Å². The second-order valence-electron chi connectivity index (χ2n) is 2.70. The standard InChI is InChI=1S/C6H11O6/c7-1-2-3(8)4(9)5(10)6(11)12-2/h2-10H,1H2/t2-,3+,4+,5-,6+/m1/s1. The maximum Gasteiger partial charge on any atom is 0.220 e. The van der Waals surface area contributed by atoms with Gasteiger partial charge in [-0.1, -0.05) is 0 Å². The number of aliphatic hydroxyl groups excluding tert-OH is 4. The summed E-state index contributed by atoms with van der Waals surface area (Å²) in [6.45, 7) is -0.566. The molecule has 1 fully saturated rings. The van der Waals surface area contributed by atoms with Gasteiger partial charge in [0.15, 0.2) is 0 Å². The Morgan fingerprint density at radius 1 is 1.08 bits per heavy atom. The lowest BCUT2D eigenvalue weighted by atomic mass is 10.00.